The molecule has 11 rings (SSSR count). The van der Waals surface area contributed by atoms with E-state index in [1.807, 2.05) is 166 Å². The van der Waals surface area contributed by atoms with Crippen molar-refractivity contribution in [3.63, 3.8) is 0 Å². The third kappa shape index (κ3) is 32.5. The van der Waals surface area contributed by atoms with Gasteiger partial charge in [-0.15, -0.1) is 22.7 Å². The average molecular weight is 975 g/mol. The van der Waals surface area contributed by atoms with Gasteiger partial charge in [-0.25, -0.2) is 24.9 Å². The molecule has 0 bridgehead atoms. The van der Waals surface area contributed by atoms with Crippen molar-refractivity contribution in [2.45, 2.75) is 69.2 Å². The lowest BCUT2D eigenvalue weighted by atomic mass is 10.3. The van der Waals surface area contributed by atoms with Gasteiger partial charge in [-0.3, -0.25) is 25.0 Å². The number of rotatable bonds is 0. The first-order valence-electron chi connectivity index (χ1n) is 21.7. The van der Waals surface area contributed by atoms with E-state index in [1.54, 1.807) is 103 Å². The number of pyridine rings is 3. The number of H-pyrrole nitrogens is 1. The van der Waals surface area contributed by atoms with Crippen molar-refractivity contribution in [2.24, 2.45) is 0 Å². The van der Waals surface area contributed by atoms with Crippen molar-refractivity contribution in [3.05, 3.63) is 245 Å². The van der Waals surface area contributed by atoms with E-state index < -0.39 is 0 Å². The maximum Gasteiger partial charge on any atom is 0.125 e. The lowest BCUT2D eigenvalue weighted by Gasteiger charge is -1.82. The summed E-state index contributed by atoms with van der Waals surface area (Å²) in [5, 5.41) is 21.6. The van der Waals surface area contributed by atoms with E-state index in [0.29, 0.717) is 0 Å². The molecule has 70 heavy (non-hydrogen) atoms. The molecule has 0 spiro atoms. The summed E-state index contributed by atoms with van der Waals surface area (Å²) < 4.78 is 5.74. The number of fused-ring (bicyclic) bond motifs is 1. The molecular formula is C53H62N14OS2. The van der Waals surface area contributed by atoms with Crippen molar-refractivity contribution in [3.8, 4) is 0 Å². The summed E-state index contributed by atoms with van der Waals surface area (Å²) in [6.07, 6.45) is 22.4. The fourth-order valence-electron chi connectivity index (χ4n) is 4.31. The van der Waals surface area contributed by atoms with E-state index in [9.17, 15) is 0 Å². The molecule has 362 valence electrons. The van der Waals surface area contributed by atoms with Crippen LogP contribution in [0.3, 0.4) is 0 Å². The van der Waals surface area contributed by atoms with Gasteiger partial charge < -0.3 is 4.52 Å². The Morgan fingerprint density at radius 3 is 1.50 bits per heavy atom. The number of aromatic amines is 1. The molecule has 1 N–H and O–H groups in total. The van der Waals surface area contributed by atoms with Crippen LogP contribution in [0.25, 0.3) is 10.2 Å². The zero-order chi connectivity index (χ0) is 50.9. The molecule has 17 heteroatoms. The number of aromatic nitrogens is 14. The van der Waals surface area contributed by atoms with Crippen LogP contribution in [0.5, 0.6) is 0 Å². The Hall–Kier alpha value is -8.15. The molecule has 0 unspecified atom stereocenters. The first-order chi connectivity index (χ1) is 33.9. The molecule has 0 aliphatic rings. The minimum Gasteiger partial charge on any atom is -0.365 e. The predicted molar refractivity (Wildman–Crippen MR) is 283 cm³/mol. The van der Waals surface area contributed by atoms with Crippen molar-refractivity contribution in [2.75, 3.05) is 0 Å². The van der Waals surface area contributed by atoms with Crippen LogP contribution in [-0.4, -0.2) is 70.4 Å². The number of thiazole rings is 2. The number of hydrogen-bond donors (Lipinski definition) is 1. The van der Waals surface area contributed by atoms with E-state index in [0.717, 1.165) is 49.8 Å². The van der Waals surface area contributed by atoms with Crippen LogP contribution >= 0.6 is 22.7 Å². The molecule has 0 fully saturated rings. The van der Waals surface area contributed by atoms with Crippen LogP contribution < -0.4 is 0 Å². The SMILES string of the molecule is Cc1ccccn1.Cc1cccnc1.Cc1cccnn1.Cc1ccn[nH]1.Cc1ccncc1.Cc1ccncn1.Cc1ccon1.Cc1nc2ccccc2s1.Cc1ncccn1.Cc1nccs1. The molecule has 0 saturated carbocycles. The van der Waals surface area contributed by atoms with Gasteiger partial charge in [0.15, 0.2) is 0 Å². The highest BCUT2D eigenvalue weighted by Gasteiger charge is 1.95. The Morgan fingerprint density at radius 1 is 0.471 bits per heavy atom. The topological polar surface area (TPSA) is 196 Å². The van der Waals surface area contributed by atoms with Gasteiger partial charge in [0.25, 0.3) is 0 Å². The van der Waals surface area contributed by atoms with Crippen molar-refractivity contribution in [1.29, 1.82) is 0 Å². The Bertz CT molecular complexity index is 2390. The molecule has 0 atom stereocenters. The molecule has 0 aliphatic heterocycles. The molecule has 10 heterocycles. The Kier molecular flexibility index (Phi) is 31.4. The van der Waals surface area contributed by atoms with Gasteiger partial charge in [-0.1, -0.05) is 29.4 Å². The monoisotopic (exact) mass is 974 g/mol. The van der Waals surface area contributed by atoms with Crippen LogP contribution in [0.1, 0.15) is 55.4 Å². The van der Waals surface area contributed by atoms with E-state index in [4.69, 9.17) is 0 Å². The van der Waals surface area contributed by atoms with Gasteiger partial charge in [-0.05, 0) is 153 Å². The molecule has 11 aromatic rings. The van der Waals surface area contributed by atoms with Crippen LogP contribution in [0.2, 0.25) is 0 Å². The molecule has 15 nitrogen and oxygen atoms in total. The summed E-state index contributed by atoms with van der Waals surface area (Å²) in [7, 11) is 0. The minimum absolute atomic E-state index is 0.822. The summed E-state index contributed by atoms with van der Waals surface area (Å²) >= 11 is 3.41. The molecule has 0 amide bonds. The van der Waals surface area contributed by atoms with E-state index in [-0.39, 0.29) is 0 Å². The molecule has 1 aromatic carbocycles. The fourth-order valence-corrected chi connectivity index (χ4v) is 5.58. The van der Waals surface area contributed by atoms with Crippen LogP contribution in [0, 0.1) is 69.2 Å². The fraction of sp³-hybridized carbons (Fsp3) is 0.189. The Morgan fingerprint density at radius 2 is 1.17 bits per heavy atom. The smallest absolute Gasteiger partial charge is 0.125 e. The standard InChI is InChI=1S/C8H7NS.3C6H7N.3C5H6N2.C4H6N2.C4H5NO.C4H5NS/c1-6-9-7-4-2-3-5-8(7)10-6;1-6-2-4-7-5-3-6;1-6-3-2-4-7-5-6;1-6-4-2-3-5-7-6;1-5-2-3-6-4-7-5;1-5-6-3-2-4-7-5;1-5-3-2-4-6-7-5;1-4-2-3-5-6-4;1-4-2-3-6-5-4;1-4-5-2-3-6-4/h2-5H,1H3;3*2-5H,1H3;3*2-4H,1H3;2-3H,1H3,(H,5,6);2*2-3H,1H3. The Balaban J connectivity index is 0.000000268. The first-order valence-corrected chi connectivity index (χ1v) is 23.4. The summed E-state index contributed by atoms with van der Waals surface area (Å²) in [5.41, 5.74) is 8.66. The third-order valence-corrected chi connectivity index (χ3v) is 9.42. The molecule has 0 radical (unpaired) electrons. The number of para-hydroxylation sites is 1. The number of hydrogen-bond acceptors (Lipinski definition) is 16. The number of nitrogens with zero attached hydrogens (tertiary/aromatic N) is 13. The lowest BCUT2D eigenvalue weighted by Crippen LogP contribution is -1.80. The largest absolute Gasteiger partial charge is 0.365 e. The highest BCUT2D eigenvalue weighted by Crippen LogP contribution is 2.20. The van der Waals surface area contributed by atoms with Gasteiger partial charge >= 0.3 is 0 Å². The lowest BCUT2D eigenvalue weighted by molar-refractivity contribution is 0.415. The highest BCUT2D eigenvalue weighted by atomic mass is 32.1. The summed E-state index contributed by atoms with van der Waals surface area (Å²) in [6.45, 7) is 19.6. The third-order valence-electron chi connectivity index (χ3n) is 7.76. The molecular weight excluding hydrogens is 913 g/mol. The van der Waals surface area contributed by atoms with Gasteiger partial charge in [-0.2, -0.15) is 15.3 Å². The van der Waals surface area contributed by atoms with Crippen LogP contribution in [0.15, 0.2) is 194 Å². The second-order valence-corrected chi connectivity index (χ2v) is 16.5. The highest BCUT2D eigenvalue weighted by molar-refractivity contribution is 7.18. The zero-order valence-electron chi connectivity index (χ0n) is 41.4. The molecule has 0 saturated heterocycles. The van der Waals surface area contributed by atoms with E-state index in [1.165, 1.54) is 22.2 Å². The quantitative estimate of drug-likeness (QED) is 0.151. The van der Waals surface area contributed by atoms with E-state index >= 15 is 0 Å². The first kappa shape index (κ1) is 58.0. The second-order valence-electron chi connectivity index (χ2n) is 14.2. The van der Waals surface area contributed by atoms with Gasteiger partial charge in [0.2, 0.25) is 0 Å². The predicted octanol–water partition coefficient (Wildman–Crippen LogP) is 12.3. The second kappa shape index (κ2) is 37.9. The number of aryl methyl sites for hydroxylation is 10. The van der Waals surface area contributed by atoms with Gasteiger partial charge in [0.1, 0.15) is 18.4 Å². The number of nitrogens with one attached hydrogen (secondary N) is 1. The van der Waals surface area contributed by atoms with Crippen molar-refractivity contribution in [1.82, 2.24) is 70.4 Å². The Labute approximate surface area is 419 Å². The normalized spacial score (nSPS) is 9.00. The molecule has 0 aliphatic carbocycles. The van der Waals surface area contributed by atoms with E-state index in [2.05, 4.69) is 81.0 Å². The average Bonchev–Trinajstić information content (AvgIpc) is 4.23. The summed E-state index contributed by atoms with van der Waals surface area (Å²) in [4.78, 5) is 35.3. The summed E-state index contributed by atoms with van der Waals surface area (Å²) in [5.74, 6) is 0.822. The maximum atomic E-state index is 4.46. The summed E-state index contributed by atoms with van der Waals surface area (Å²) in [6, 6.07) is 33.1. The van der Waals surface area contributed by atoms with Crippen molar-refractivity contribution >= 4 is 32.9 Å². The van der Waals surface area contributed by atoms with Gasteiger partial charge in [0, 0.05) is 96.7 Å². The molecule has 10 aromatic heterocycles. The maximum absolute atomic E-state index is 4.46. The van der Waals surface area contributed by atoms with Crippen molar-refractivity contribution < 1.29 is 4.52 Å². The van der Waals surface area contributed by atoms with Crippen LogP contribution in [-0.2, 0) is 0 Å². The van der Waals surface area contributed by atoms with Gasteiger partial charge in [0.05, 0.1) is 31.6 Å². The number of benzene rings is 1. The zero-order valence-corrected chi connectivity index (χ0v) is 43.1. The minimum atomic E-state index is 0.822. The van der Waals surface area contributed by atoms with Crippen LogP contribution in [0.4, 0.5) is 0 Å².